The number of carboxylic acids is 1. The third-order valence-corrected chi connectivity index (χ3v) is 8.80. The van der Waals surface area contributed by atoms with Crippen LogP contribution >= 0.6 is 11.3 Å². The summed E-state index contributed by atoms with van der Waals surface area (Å²) in [6.07, 6.45) is -4.73. The van der Waals surface area contributed by atoms with Crippen molar-refractivity contribution < 1.29 is 40.8 Å². The van der Waals surface area contributed by atoms with Gasteiger partial charge in [0.2, 0.25) is 5.76 Å². The molecule has 0 saturated heterocycles. The Balaban J connectivity index is 1.63. The second-order valence-corrected chi connectivity index (χ2v) is 10.7. The quantitative estimate of drug-likeness (QED) is 0.503. The van der Waals surface area contributed by atoms with E-state index in [9.17, 15) is 31.5 Å². The number of nitrogens with one attached hydrogen (secondary N) is 1. The van der Waals surface area contributed by atoms with Gasteiger partial charge in [0.1, 0.15) is 21.2 Å². The van der Waals surface area contributed by atoms with Crippen molar-refractivity contribution in [1.82, 2.24) is 9.88 Å². The summed E-state index contributed by atoms with van der Waals surface area (Å²) in [6.45, 7) is 1.63. The lowest BCUT2D eigenvalue weighted by Crippen LogP contribution is -2.47. The normalized spacial score (nSPS) is 22.8. The third-order valence-electron chi connectivity index (χ3n) is 5.70. The van der Waals surface area contributed by atoms with Gasteiger partial charge in [-0.15, -0.1) is 11.3 Å². The lowest BCUT2D eigenvalue weighted by Gasteiger charge is -2.21. The van der Waals surface area contributed by atoms with E-state index in [1.165, 1.54) is 19.2 Å². The maximum absolute atomic E-state index is 13.0. The van der Waals surface area contributed by atoms with Gasteiger partial charge in [0, 0.05) is 11.5 Å². The molecular weight excluding hydrogens is 485 g/mol. The Hall–Kier alpha value is -2.90. The fourth-order valence-corrected chi connectivity index (χ4v) is 6.43. The summed E-state index contributed by atoms with van der Waals surface area (Å²) in [5.74, 6) is -2.17. The molecule has 0 aliphatic heterocycles. The molecule has 3 aromatic rings. The molecule has 1 aromatic carbocycles. The molecule has 8 nitrogen and oxygen atoms in total. The van der Waals surface area contributed by atoms with Gasteiger partial charge in [-0.3, -0.25) is 4.79 Å². The fraction of sp³-hybridized carbons (Fsp3) is 0.300. The molecule has 4 rings (SSSR count). The summed E-state index contributed by atoms with van der Waals surface area (Å²) in [4.78, 5) is 12.3. The van der Waals surface area contributed by atoms with Gasteiger partial charge in [0.05, 0.1) is 12.0 Å². The zero-order chi connectivity index (χ0) is 24.2. The Kier molecular flexibility index (Phi) is 5.34. The zero-order valence-corrected chi connectivity index (χ0v) is 18.8. The predicted molar refractivity (Wildman–Crippen MR) is 110 cm³/mol. The number of thiophene rings is 1. The minimum absolute atomic E-state index is 0.00179. The first-order valence-electron chi connectivity index (χ1n) is 9.38. The summed E-state index contributed by atoms with van der Waals surface area (Å²) < 4.78 is 75.8. The molecule has 0 spiro atoms. The molecule has 0 radical (unpaired) electrons. The number of sulfonamides is 1. The van der Waals surface area contributed by atoms with E-state index >= 15 is 0 Å². The number of rotatable bonds is 7. The van der Waals surface area contributed by atoms with Crippen LogP contribution in [0.3, 0.4) is 0 Å². The lowest BCUT2D eigenvalue weighted by atomic mass is 9.92. The van der Waals surface area contributed by atoms with Crippen LogP contribution in [0.15, 0.2) is 51.2 Å². The van der Waals surface area contributed by atoms with E-state index in [0.717, 1.165) is 0 Å². The van der Waals surface area contributed by atoms with Crippen LogP contribution in [0.5, 0.6) is 5.75 Å². The van der Waals surface area contributed by atoms with E-state index in [2.05, 4.69) is 14.4 Å². The number of ether oxygens (including phenoxy) is 1. The van der Waals surface area contributed by atoms with Crippen molar-refractivity contribution in [1.29, 1.82) is 0 Å². The number of carboxylic acid groups (broad SMARTS) is 1. The minimum Gasteiger partial charge on any atom is -0.497 e. The van der Waals surface area contributed by atoms with E-state index in [-0.39, 0.29) is 21.2 Å². The average Bonchev–Trinajstić information content (AvgIpc) is 3.18. The number of hydrogen-bond acceptors (Lipinski definition) is 7. The highest BCUT2D eigenvalue weighted by Gasteiger charge is 2.72. The van der Waals surface area contributed by atoms with Crippen molar-refractivity contribution in [3.63, 3.8) is 0 Å². The number of carbonyl (C=O) groups is 1. The fourth-order valence-electron chi connectivity index (χ4n) is 3.71. The molecule has 176 valence electrons. The van der Waals surface area contributed by atoms with Crippen molar-refractivity contribution in [3.05, 3.63) is 53.8 Å². The minimum atomic E-state index is -4.73. The topological polar surface area (TPSA) is 119 Å². The van der Waals surface area contributed by atoms with E-state index in [4.69, 9.17) is 4.74 Å². The van der Waals surface area contributed by atoms with Gasteiger partial charge in [-0.05, 0) is 36.2 Å². The highest BCUT2D eigenvalue weighted by molar-refractivity contribution is 7.91. The molecule has 1 saturated carbocycles. The van der Waals surface area contributed by atoms with E-state index in [0.29, 0.717) is 28.7 Å². The summed E-state index contributed by atoms with van der Waals surface area (Å²) in [5, 5.41) is 13.3. The van der Waals surface area contributed by atoms with Gasteiger partial charge in [-0.2, -0.15) is 17.9 Å². The number of aromatic nitrogens is 1. The van der Waals surface area contributed by atoms with Gasteiger partial charge in [0.25, 0.3) is 10.0 Å². The number of nitrogens with zero attached hydrogens (tertiary/aromatic N) is 1. The van der Waals surface area contributed by atoms with Crippen LogP contribution in [0.1, 0.15) is 24.7 Å². The van der Waals surface area contributed by atoms with Crippen molar-refractivity contribution in [3.8, 4) is 16.3 Å². The molecule has 0 amide bonds. The molecule has 2 aromatic heterocycles. The van der Waals surface area contributed by atoms with E-state index < -0.39 is 38.9 Å². The molecular formula is C20H17F3N2O6S2. The first-order valence-corrected chi connectivity index (χ1v) is 11.7. The van der Waals surface area contributed by atoms with Crippen LogP contribution in [-0.4, -0.2) is 37.3 Å². The van der Waals surface area contributed by atoms with Gasteiger partial charge in [0.15, 0.2) is 0 Å². The number of alkyl halides is 3. The standard InChI is InChI=1S/C20H17F3N2O6S2/c1-18(11-4-3-5-12(8-11)30-2)10-19(18,17(26)27)25-33(28,29)16-7-6-14(32-16)13-9-15(31-24-13)20(21,22)23/h3-9,25H,10H2,1-2H3,(H,26,27)/t18-,19-/m1/s1. The average molecular weight is 502 g/mol. The second-order valence-electron chi connectivity index (χ2n) is 7.75. The Labute approximate surface area is 190 Å². The van der Waals surface area contributed by atoms with Crippen LogP contribution in [0.25, 0.3) is 10.6 Å². The SMILES string of the molecule is COc1cccc([C@@]2(C)C[C@@]2(NS(=O)(=O)c2ccc(-c3cc(C(F)(F)F)on3)s2)C(=O)O)c1. The van der Waals surface area contributed by atoms with Crippen LogP contribution in [0.4, 0.5) is 13.2 Å². The summed E-state index contributed by atoms with van der Waals surface area (Å²) >= 11 is 0.646. The molecule has 2 N–H and O–H groups in total. The number of methoxy groups -OCH3 is 1. The molecule has 1 aliphatic carbocycles. The number of halogens is 3. The molecule has 1 fully saturated rings. The third kappa shape index (κ3) is 3.89. The molecule has 2 heterocycles. The lowest BCUT2D eigenvalue weighted by molar-refractivity contribution is -0.155. The largest absolute Gasteiger partial charge is 0.497 e. The maximum Gasteiger partial charge on any atom is 0.452 e. The first-order chi connectivity index (χ1) is 15.3. The van der Waals surface area contributed by atoms with Gasteiger partial charge in [-0.1, -0.05) is 24.2 Å². The van der Waals surface area contributed by atoms with Crippen LogP contribution in [0.2, 0.25) is 0 Å². The first kappa shape index (κ1) is 23.3. The Morgan fingerprint density at radius 3 is 2.61 bits per heavy atom. The second kappa shape index (κ2) is 7.57. The van der Waals surface area contributed by atoms with Crippen LogP contribution in [0, 0.1) is 0 Å². The summed E-state index contributed by atoms with van der Waals surface area (Å²) in [7, 11) is -2.87. The van der Waals surface area contributed by atoms with Crippen molar-refractivity contribution in [2.24, 2.45) is 0 Å². The number of benzene rings is 1. The monoisotopic (exact) mass is 502 g/mol. The molecule has 33 heavy (non-hydrogen) atoms. The van der Waals surface area contributed by atoms with E-state index in [1.54, 1.807) is 31.2 Å². The Morgan fingerprint density at radius 1 is 1.27 bits per heavy atom. The highest BCUT2D eigenvalue weighted by Crippen LogP contribution is 2.58. The van der Waals surface area contributed by atoms with Gasteiger partial charge >= 0.3 is 12.1 Å². The molecule has 2 atom stereocenters. The highest BCUT2D eigenvalue weighted by atomic mass is 32.2. The summed E-state index contributed by atoms with van der Waals surface area (Å²) in [5.41, 5.74) is -2.45. The zero-order valence-electron chi connectivity index (χ0n) is 17.1. The Morgan fingerprint density at radius 2 is 2.00 bits per heavy atom. The number of hydrogen-bond donors (Lipinski definition) is 2. The van der Waals surface area contributed by atoms with Crippen LogP contribution in [-0.2, 0) is 26.4 Å². The summed E-state index contributed by atoms with van der Waals surface area (Å²) in [6, 6.07) is 9.80. The maximum atomic E-state index is 13.0. The van der Waals surface area contributed by atoms with Gasteiger partial charge in [-0.25, -0.2) is 8.42 Å². The van der Waals surface area contributed by atoms with E-state index in [1.807, 2.05) is 0 Å². The van der Waals surface area contributed by atoms with Crippen LogP contribution < -0.4 is 9.46 Å². The van der Waals surface area contributed by atoms with Gasteiger partial charge < -0.3 is 14.4 Å². The van der Waals surface area contributed by atoms with Crippen molar-refractivity contribution in [2.75, 3.05) is 7.11 Å². The van der Waals surface area contributed by atoms with Crippen molar-refractivity contribution >= 4 is 27.3 Å². The molecule has 1 aliphatic rings. The Bertz CT molecular complexity index is 1330. The molecule has 0 bridgehead atoms. The predicted octanol–water partition coefficient (Wildman–Crippen LogP) is 3.89. The molecule has 13 heteroatoms. The smallest absolute Gasteiger partial charge is 0.452 e. The van der Waals surface area contributed by atoms with Crippen molar-refractivity contribution in [2.45, 2.75) is 34.7 Å². The molecule has 0 unspecified atom stereocenters. The number of aliphatic carboxylic acids is 1.